The average Bonchev–Trinajstić information content (AvgIpc) is 3.90. The summed E-state index contributed by atoms with van der Waals surface area (Å²) in [4.78, 5) is 45.4. The summed E-state index contributed by atoms with van der Waals surface area (Å²) < 4.78 is 11.5. The minimum atomic E-state index is -0.311. The van der Waals surface area contributed by atoms with E-state index in [9.17, 15) is 9.59 Å². The maximum atomic E-state index is 13.5. The largest absolute Gasteiger partial charge is 0.494 e. The Morgan fingerprint density at radius 2 is 1.62 bits per heavy atom. The molecule has 262 valence electrons. The number of hydrogen-bond acceptors (Lipinski definition) is 10. The Balaban J connectivity index is 1.13. The van der Waals surface area contributed by atoms with Crippen LogP contribution in [0.15, 0.2) is 12.1 Å². The van der Waals surface area contributed by atoms with Crippen molar-refractivity contribution in [1.29, 1.82) is 0 Å². The quantitative estimate of drug-likeness (QED) is 0.354. The van der Waals surface area contributed by atoms with Crippen LogP contribution in [0, 0.1) is 12.8 Å². The highest BCUT2D eigenvalue weighted by Gasteiger charge is 2.39. The van der Waals surface area contributed by atoms with E-state index in [1.807, 2.05) is 13.8 Å². The van der Waals surface area contributed by atoms with Gasteiger partial charge in [-0.15, -0.1) is 0 Å². The molecule has 1 aromatic carbocycles. The van der Waals surface area contributed by atoms with Gasteiger partial charge in [-0.3, -0.25) is 14.5 Å². The van der Waals surface area contributed by atoms with Crippen LogP contribution in [0.5, 0.6) is 11.5 Å². The van der Waals surface area contributed by atoms with Crippen LogP contribution in [0.4, 0.5) is 23.1 Å². The standard InChI is InChI=1S/C36H54N8O4/c1-8-28-35(46)41(5)32-23(4)37-36(40-33(32)44(28)22(2)3)39-31-29(47-6)19-25(20-30(31)48-7)34(45)38-26-11-13-27(14-12-26)43-17-15-42(16-18-43)21-24-9-10-24/h19-20,22,24,26-28H,8-18,21H2,1-7H3,(H,38,45)(H,37,39,40)/t26-,27-,28-/m1/s1. The number of piperazine rings is 1. The van der Waals surface area contributed by atoms with Crippen LogP contribution in [0.25, 0.3) is 0 Å². The molecule has 0 unspecified atom stereocenters. The number of nitrogens with one attached hydrogen (secondary N) is 2. The van der Waals surface area contributed by atoms with Gasteiger partial charge >= 0.3 is 0 Å². The van der Waals surface area contributed by atoms with Gasteiger partial charge in [0.1, 0.15) is 28.9 Å². The number of fused-ring (bicyclic) bond motifs is 1. The fourth-order valence-electron chi connectivity index (χ4n) is 7.87. The van der Waals surface area contributed by atoms with E-state index in [4.69, 9.17) is 19.4 Å². The van der Waals surface area contributed by atoms with E-state index >= 15 is 0 Å². The van der Waals surface area contributed by atoms with Gasteiger partial charge in [-0.05, 0) is 83.8 Å². The van der Waals surface area contributed by atoms with E-state index in [0.29, 0.717) is 58.4 Å². The molecule has 0 bridgehead atoms. The summed E-state index contributed by atoms with van der Waals surface area (Å²) in [6, 6.07) is 3.97. The number of carbonyl (C=O) groups is 2. The van der Waals surface area contributed by atoms with Crippen LogP contribution in [0.3, 0.4) is 0 Å². The number of methoxy groups -OCH3 is 2. The fourth-order valence-corrected chi connectivity index (χ4v) is 7.87. The number of nitrogens with zero attached hydrogens (tertiary/aromatic N) is 6. The second-order valence-electron chi connectivity index (χ2n) is 14.3. The number of aromatic nitrogens is 2. The average molecular weight is 663 g/mol. The second kappa shape index (κ2) is 14.5. The lowest BCUT2D eigenvalue weighted by Crippen LogP contribution is -2.55. The maximum absolute atomic E-state index is 13.5. The van der Waals surface area contributed by atoms with E-state index in [-0.39, 0.29) is 29.9 Å². The molecule has 0 spiro atoms. The third kappa shape index (κ3) is 7.05. The third-order valence-electron chi connectivity index (χ3n) is 10.7. The minimum absolute atomic E-state index is 0.0359. The fraction of sp³-hybridized carbons (Fsp3) is 0.667. The number of anilines is 4. The molecule has 6 rings (SSSR count). The molecule has 2 amide bonds. The normalized spacial score (nSPS) is 23.7. The molecule has 3 fully saturated rings. The zero-order valence-electron chi connectivity index (χ0n) is 29.8. The molecule has 1 saturated heterocycles. The number of amides is 2. The zero-order valence-corrected chi connectivity index (χ0v) is 29.8. The molecule has 2 saturated carbocycles. The van der Waals surface area contributed by atoms with Crippen molar-refractivity contribution in [1.82, 2.24) is 25.1 Å². The van der Waals surface area contributed by atoms with E-state index in [0.717, 1.165) is 44.7 Å². The first-order valence-corrected chi connectivity index (χ1v) is 17.9. The van der Waals surface area contributed by atoms with Crippen molar-refractivity contribution in [2.45, 2.75) is 96.8 Å². The lowest BCUT2D eigenvalue weighted by molar-refractivity contribution is -0.120. The molecular weight excluding hydrogens is 608 g/mol. The van der Waals surface area contributed by atoms with Crippen molar-refractivity contribution in [3.8, 4) is 11.5 Å². The minimum Gasteiger partial charge on any atom is -0.494 e. The predicted molar refractivity (Wildman–Crippen MR) is 189 cm³/mol. The second-order valence-corrected chi connectivity index (χ2v) is 14.3. The molecule has 2 aromatic rings. The molecular formula is C36H54N8O4. The number of hydrogen-bond donors (Lipinski definition) is 2. The van der Waals surface area contributed by atoms with Crippen LogP contribution >= 0.6 is 0 Å². The summed E-state index contributed by atoms with van der Waals surface area (Å²) in [5.41, 5.74) is 2.38. The summed E-state index contributed by atoms with van der Waals surface area (Å²) >= 11 is 0. The highest BCUT2D eigenvalue weighted by molar-refractivity contribution is 6.05. The van der Waals surface area contributed by atoms with Gasteiger partial charge in [0.25, 0.3) is 5.91 Å². The molecule has 12 heteroatoms. The van der Waals surface area contributed by atoms with Crippen molar-refractivity contribution in [3.05, 3.63) is 23.4 Å². The first-order chi connectivity index (χ1) is 23.1. The van der Waals surface area contributed by atoms with E-state index in [1.54, 1.807) is 38.3 Å². The SMILES string of the molecule is CC[C@@H]1C(=O)N(C)c2c(C)nc(Nc3c(OC)cc(C(=O)N[C@H]4CC[C@H](N5CCN(CC6CC6)CC5)CC4)cc3OC)nc2N1C(C)C. The maximum Gasteiger partial charge on any atom is 0.251 e. The van der Waals surface area contributed by atoms with Crippen molar-refractivity contribution >= 4 is 35.0 Å². The lowest BCUT2D eigenvalue weighted by Gasteiger charge is -2.43. The van der Waals surface area contributed by atoms with Gasteiger partial charge in [-0.25, -0.2) is 4.98 Å². The van der Waals surface area contributed by atoms with Gasteiger partial charge in [0.05, 0.1) is 19.9 Å². The zero-order chi connectivity index (χ0) is 34.1. The summed E-state index contributed by atoms with van der Waals surface area (Å²) in [6.45, 7) is 14.0. The molecule has 2 aliphatic carbocycles. The van der Waals surface area contributed by atoms with Gasteiger partial charge in [-0.2, -0.15) is 4.98 Å². The van der Waals surface area contributed by atoms with Crippen LogP contribution < -0.4 is 29.9 Å². The molecule has 1 aromatic heterocycles. The van der Waals surface area contributed by atoms with E-state index < -0.39 is 0 Å². The molecule has 3 heterocycles. The van der Waals surface area contributed by atoms with Gasteiger partial charge in [0, 0.05) is 63.5 Å². The highest BCUT2D eigenvalue weighted by Crippen LogP contribution is 2.42. The Morgan fingerprint density at radius 3 is 2.19 bits per heavy atom. The lowest BCUT2D eigenvalue weighted by atomic mass is 9.89. The summed E-state index contributed by atoms with van der Waals surface area (Å²) in [6.07, 6.45) is 7.68. The van der Waals surface area contributed by atoms with E-state index in [2.05, 4.69) is 39.2 Å². The molecule has 0 radical (unpaired) electrons. The smallest absolute Gasteiger partial charge is 0.251 e. The summed E-state index contributed by atoms with van der Waals surface area (Å²) in [5.74, 6) is 2.80. The molecule has 2 aliphatic heterocycles. The molecule has 4 aliphatic rings. The van der Waals surface area contributed by atoms with Gasteiger partial charge in [0.15, 0.2) is 5.82 Å². The molecule has 12 nitrogen and oxygen atoms in total. The van der Waals surface area contributed by atoms with Crippen molar-refractivity contribution in [2.24, 2.45) is 5.92 Å². The third-order valence-corrected chi connectivity index (χ3v) is 10.7. The molecule has 1 atom stereocenters. The van der Waals surface area contributed by atoms with Crippen molar-refractivity contribution in [2.75, 3.05) is 69.1 Å². The van der Waals surface area contributed by atoms with Gasteiger partial charge in [0.2, 0.25) is 11.9 Å². The van der Waals surface area contributed by atoms with E-state index in [1.165, 1.54) is 32.5 Å². The first-order valence-electron chi connectivity index (χ1n) is 17.9. The Bertz CT molecular complexity index is 1460. The number of carbonyl (C=O) groups excluding carboxylic acids is 2. The van der Waals surface area contributed by atoms with Crippen LogP contribution in [0.1, 0.15) is 81.8 Å². The number of aryl methyl sites for hydroxylation is 1. The van der Waals surface area contributed by atoms with Gasteiger partial charge in [-0.1, -0.05) is 6.92 Å². The number of likely N-dealkylation sites (N-methyl/N-ethyl adjacent to an activating group) is 1. The Kier molecular flexibility index (Phi) is 10.3. The Labute approximate surface area is 285 Å². The number of benzene rings is 1. The number of ether oxygens (including phenoxy) is 2. The first kappa shape index (κ1) is 34.2. The number of rotatable bonds is 11. The van der Waals surface area contributed by atoms with Crippen molar-refractivity contribution < 1.29 is 19.1 Å². The van der Waals surface area contributed by atoms with Crippen LogP contribution in [-0.4, -0.2) is 110 Å². The predicted octanol–water partition coefficient (Wildman–Crippen LogP) is 4.58. The Morgan fingerprint density at radius 1 is 0.979 bits per heavy atom. The summed E-state index contributed by atoms with van der Waals surface area (Å²) in [7, 11) is 4.92. The van der Waals surface area contributed by atoms with Gasteiger partial charge < -0.3 is 34.8 Å². The monoisotopic (exact) mass is 662 g/mol. The molecule has 48 heavy (non-hydrogen) atoms. The highest BCUT2D eigenvalue weighted by atomic mass is 16.5. The summed E-state index contributed by atoms with van der Waals surface area (Å²) in [5, 5.41) is 6.59. The van der Waals surface area contributed by atoms with Crippen LogP contribution in [0.2, 0.25) is 0 Å². The van der Waals surface area contributed by atoms with Crippen LogP contribution in [-0.2, 0) is 4.79 Å². The Hall–Kier alpha value is -3.64. The topological polar surface area (TPSA) is 115 Å². The van der Waals surface area contributed by atoms with Crippen molar-refractivity contribution in [3.63, 3.8) is 0 Å². The molecule has 2 N–H and O–H groups in total.